The number of carbonyl (C=O) groups excluding carboxylic acids is 3. The van der Waals surface area contributed by atoms with Crippen LogP contribution >= 0.6 is 0 Å². The van der Waals surface area contributed by atoms with Gasteiger partial charge >= 0.3 is 17.9 Å². The third-order valence-electron chi connectivity index (χ3n) is 6.28. The maximum Gasteiger partial charge on any atom is 0.337 e. The summed E-state index contributed by atoms with van der Waals surface area (Å²) in [6, 6.07) is 11.7. The fourth-order valence-electron chi connectivity index (χ4n) is 4.18. The van der Waals surface area contributed by atoms with Gasteiger partial charge in [0.05, 0.1) is 0 Å². The fourth-order valence-corrected chi connectivity index (χ4v) is 4.18. The zero-order valence-electron chi connectivity index (χ0n) is 23.2. The van der Waals surface area contributed by atoms with E-state index in [2.05, 4.69) is 0 Å². The lowest BCUT2D eigenvalue weighted by Crippen LogP contribution is -2.26. The molecule has 2 aliphatic heterocycles. The topological polar surface area (TPSA) is 116 Å². The summed E-state index contributed by atoms with van der Waals surface area (Å²) < 4.78 is 38.0. The van der Waals surface area contributed by atoms with E-state index in [0.29, 0.717) is 24.5 Å². The second-order valence-electron chi connectivity index (χ2n) is 9.63. The van der Waals surface area contributed by atoms with Gasteiger partial charge in [0, 0.05) is 25.7 Å². The Hall–Kier alpha value is -3.57. The van der Waals surface area contributed by atoms with Crippen LogP contribution in [0.3, 0.4) is 0 Å². The number of hydrogen-bond acceptors (Lipinski definition) is 10. The molecule has 0 N–H and O–H groups in total. The van der Waals surface area contributed by atoms with E-state index < -0.39 is 24.2 Å². The Labute approximate surface area is 239 Å². The maximum atomic E-state index is 12.4. The van der Waals surface area contributed by atoms with Gasteiger partial charge in [0.2, 0.25) is 0 Å². The highest BCUT2D eigenvalue weighted by Gasteiger charge is 2.18. The van der Waals surface area contributed by atoms with Gasteiger partial charge in [-0.15, -0.1) is 0 Å². The Balaban J connectivity index is 1.34. The van der Waals surface area contributed by atoms with Crippen LogP contribution in [0.25, 0.3) is 12.2 Å². The van der Waals surface area contributed by atoms with Crippen molar-refractivity contribution < 1.29 is 47.5 Å². The van der Waals surface area contributed by atoms with Crippen molar-refractivity contribution in [3.63, 3.8) is 0 Å². The van der Waals surface area contributed by atoms with Crippen molar-refractivity contribution in [2.24, 2.45) is 0 Å². The molecule has 2 fully saturated rings. The van der Waals surface area contributed by atoms with Gasteiger partial charge in [-0.05, 0) is 73.9 Å². The van der Waals surface area contributed by atoms with Crippen molar-refractivity contribution in [2.75, 3.05) is 26.4 Å². The van der Waals surface area contributed by atoms with E-state index in [9.17, 15) is 14.4 Å². The molecule has 0 aromatic heterocycles. The van der Waals surface area contributed by atoms with Crippen LogP contribution in [0.2, 0.25) is 0 Å². The minimum atomic E-state index is -0.588. The monoisotopic (exact) mass is 568 g/mol. The normalized spacial score (nSPS) is 19.0. The smallest absolute Gasteiger partial charge is 0.337 e. The first kappa shape index (κ1) is 30.4. The summed E-state index contributed by atoms with van der Waals surface area (Å²) in [6.07, 6.45) is 8.52. The molecular formula is C31H36O10. The molecule has 10 nitrogen and oxygen atoms in total. The second-order valence-corrected chi connectivity index (χ2v) is 9.63. The number of benzene rings is 2. The number of hydrogen-bond donors (Lipinski definition) is 0. The molecule has 2 unspecified atom stereocenters. The second kappa shape index (κ2) is 16.0. The van der Waals surface area contributed by atoms with Crippen molar-refractivity contribution >= 4 is 30.1 Å². The predicted octanol–water partition coefficient (Wildman–Crippen LogP) is 5.07. The van der Waals surface area contributed by atoms with Crippen molar-refractivity contribution in [1.82, 2.24) is 0 Å². The quantitative estimate of drug-likeness (QED) is 0.195. The molecule has 10 heteroatoms. The summed E-state index contributed by atoms with van der Waals surface area (Å²) >= 11 is 0. The van der Waals surface area contributed by atoms with Gasteiger partial charge in [-0.2, -0.15) is 0 Å². The summed E-state index contributed by atoms with van der Waals surface area (Å²) in [5, 5.41) is 0. The summed E-state index contributed by atoms with van der Waals surface area (Å²) in [4.78, 5) is 36.4. The lowest BCUT2D eigenvalue weighted by molar-refractivity contribution is -0.176. The first-order valence-corrected chi connectivity index (χ1v) is 14.0. The molecule has 0 bridgehead atoms. The van der Waals surface area contributed by atoms with E-state index in [1.165, 1.54) is 6.07 Å². The highest BCUT2D eigenvalue weighted by atomic mass is 16.7. The third kappa shape index (κ3) is 10.7. The van der Waals surface area contributed by atoms with Gasteiger partial charge in [0.25, 0.3) is 0 Å². The van der Waals surface area contributed by atoms with Crippen LogP contribution in [-0.4, -0.2) is 56.9 Å². The van der Waals surface area contributed by atoms with E-state index in [1.807, 2.05) is 6.08 Å². The average molecular weight is 569 g/mol. The molecule has 0 amide bonds. The van der Waals surface area contributed by atoms with Crippen LogP contribution in [0.5, 0.6) is 17.2 Å². The van der Waals surface area contributed by atoms with Crippen molar-refractivity contribution in [1.29, 1.82) is 0 Å². The zero-order chi connectivity index (χ0) is 28.9. The average Bonchev–Trinajstić information content (AvgIpc) is 2.99. The Bertz CT molecular complexity index is 1180. The number of rotatable bonds is 12. The van der Waals surface area contributed by atoms with Crippen molar-refractivity contribution in [3.05, 3.63) is 53.6 Å². The fraction of sp³-hybridized carbons (Fsp3) is 0.452. The highest BCUT2D eigenvalue weighted by molar-refractivity contribution is 5.77. The Morgan fingerprint density at radius 1 is 0.683 bits per heavy atom. The number of esters is 3. The molecule has 220 valence electrons. The summed E-state index contributed by atoms with van der Waals surface area (Å²) in [5.74, 6) is -0.643. The predicted molar refractivity (Wildman–Crippen MR) is 148 cm³/mol. The van der Waals surface area contributed by atoms with Crippen LogP contribution in [0.15, 0.2) is 42.5 Å². The van der Waals surface area contributed by atoms with Crippen LogP contribution in [0, 0.1) is 0 Å². The minimum Gasteiger partial charge on any atom is -0.426 e. The zero-order valence-corrected chi connectivity index (χ0v) is 23.2. The van der Waals surface area contributed by atoms with Gasteiger partial charge in [-0.1, -0.05) is 31.2 Å². The molecule has 0 aliphatic carbocycles. The number of carbonyl (C=O) groups is 3. The highest BCUT2D eigenvalue weighted by Crippen LogP contribution is 2.26. The van der Waals surface area contributed by atoms with Crippen LogP contribution in [0.4, 0.5) is 0 Å². The van der Waals surface area contributed by atoms with E-state index >= 15 is 0 Å². The first-order valence-electron chi connectivity index (χ1n) is 14.0. The lowest BCUT2D eigenvalue weighted by atomic mass is 10.1. The molecule has 0 radical (unpaired) electrons. The van der Waals surface area contributed by atoms with Crippen molar-refractivity contribution in [2.45, 2.75) is 64.4 Å². The lowest BCUT2D eigenvalue weighted by Gasteiger charge is -2.22. The summed E-state index contributed by atoms with van der Waals surface area (Å²) in [7, 11) is 0. The molecule has 0 saturated carbocycles. The first-order chi connectivity index (χ1) is 20.0. The minimum absolute atomic E-state index is 0.182. The molecule has 4 rings (SSSR count). The van der Waals surface area contributed by atoms with Crippen molar-refractivity contribution in [3.8, 4) is 17.2 Å². The molecule has 41 heavy (non-hydrogen) atoms. The Morgan fingerprint density at radius 2 is 1.20 bits per heavy atom. The molecule has 2 aromatic rings. The van der Waals surface area contributed by atoms with Gasteiger partial charge < -0.3 is 33.2 Å². The molecule has 2 aromatic carbocycles. The SMILES string of the molecule is CCC(=O)Oc1cc(/C=C/c2ccc(OC(=O)COC3CCCCO3)cc2)cc(OC(=O)COC2CCCCO2)c1. The van der Waals surface area contributed by atoms with E-state index in [0.717, 1.165) is 44.1 Å². The van der Waals surface area contributed by atoms with E-state index in [1.54, 1.807) is 49.4 Å². The maximum absolute atomic E-state index is 12.4. The molecule has 2 saturated heterocycles. The molecule has 0 spiro atoms. The number of ether oxygens (including phenoxy) is 7. The molecule has 2 heterocycles. The standard InChI is InChI=1S/C31H36O10/c1-2-27(32)40-25-17-23(18-26(19-25)41-29(34)21-38-31-8-4-6-16-36-31)10-9-22-11-13-24(14-12-22)39-28(33)20-37-30-7-3-5-15-35-30/h9-14,17-19,30-31H,2-8,15-16,20-21H2,1H3/b10-9+. The molecule has 2 aliphatic rings. The molecule has 2 atom stereocenters. The Kier molecular flexibility index (Phi) is 11.9. The van der Waals surface area contributed by atoms with Crippen LogP contribution in [0.1, 0.15) is 63.0 Å². The molecular weight excluding hydrogens is 532 g/mol. The van der Waals surface area contributed by atoms with Gasteiger partial charge in [-0.3, -0.25) is 4.79 Å². The Morgan fingerprint density at radius 3 is 1.71 bits per heavy atom. The van der Waals surface area contributed by atoms with Crippen LogP contribution < -0.4 is 14.2 Å². The summed E-state index contributed by atoms with van der Waals surface area (Å²) in [6.45, 7) is 2.50. The van der Waals surface area contributed by atoms with Crippen LogP contribution in [-0.2, 0) is 33.3 Å². The third-order valence-corrected chi connectivity index (χ3v) is 6.28. The van der Waals surface area contributed by atoms with E-state index in [4.69, 9.17) is 33.2 Å². The van der Waals surface area contributed by atoms with Gasteiger partial charge in [0.15, 0.2) is 12.6 Å². The van der Waals surface area contributed by atoms with E-state index in [-0.39, 0.29) is 37.4 Å². The summed E-state index contributed by atoms with van der Waals surface area (Å²) in [5.41, 5.74) is 1.47. The van der Waals surface area contributed by atoms with Gasteiger partial charge in [0.1, 0.15) is 30.5 Å². The van der Waals surface area contributed by atoms with Gasteiger partial charge in [-0.25, -0.2) is 9.59 Å². The largest absolute Gasteiger partial charge is 0.426 e.